The molecule has 6 heteroatoms. The van der Waals surface area contributed by atoms with E-state index >= 15 is 0 Å². The molecule has 0 saturated carbocycles. The third-order valence-electron chi connectivity index (χ3n) is 0.702. The first kappa shape index (κ1) is 7.17. The fourth-order valence-corrected chi connectivity index (χ4v) is 0.771. The molecule has 48 valence electrons. The Kier molecular flexibility index (Phi) is 2.20. The van der Waals surface area contributed by atoms with E-state index in [-0.39, 0.29) is 0 Å². The Morgan fingerprint density at radius 3 is 1.67 bits per heavy atom. The molecule has 0 aliphatic carbocycles. The summed E-state index contributed by atoms with van der Waals surface area (Å²) < 4.78 is 0. The van der Waals surface area contributed by atoms with Crippen LogP contribution in [-0.2, 0) is 0 Å². The van der Waals surface area contributed by atoms with Crippen LogP contribution >= 0.6 is 37.9 Å². The predicted octanol–water partition coefficient (Wildman–Crippen LogP) is 0.738. The average molecular weight is 177 g/mol. The van der Waals surface area contributed by atoms with Crippen LogP contribution in [0.3, 0.4) is 0 Å². The van der Waals surface area contributed by atoms with Crippen molar-refractivity contribution < 1.29 is 0 Å². The van der Waals surface area contributed by atoms with Gasteiger partial charge >= 0.3 is 0 Å². The minimum Gasteiger partial charge on any atom is -0.138 e. The summed E-state index contributed by atoms with van der Waals surface area (Å²) in [6, 6.07) is 0. The Bertz CT molecular complexity index is 205. The lowest BCUT2D eigenvalue weighted by Crippen LogP contribution is -1.90. The highest BCUT2D eigenvalue weighted by atomic mass is 32.1. The molecule has 0 aliphatic rings. The Morgan fingerprint density at radius 2 is 1.33 bits per heavy atom. The number of hydrogen-bond acceptors (Lipinski definition) is 6. The largest absolute Gasteiger partial charge is 0.138 e. The van der Waals surface area contributed by atoms with Gasteiger partial charge in [0.05, 0.1) is 4.90 Å². The molecule has 0 unspecified atom stereocenters. The minimum absolute atomic E-state index is 0.443. The van der Waals surface area contributed by atoms with Gasteiger partial charge in [-0.1, -0.05) is 0 Å². The third kappa shape index (κ3) is 1.50. The van der Waals surface area contributed by atoms with Crippen molar-refractivity contribution in [3.05, 3.63) is 0 Å². The molecule has 0 bridgehead atoms. The highest BCUT2D eigenvalue weighted by molar-refractivity contribution is 7.85. The fraction of sp³-hybridized carbons (Fsp3) is 0. The summed E-state index contributed by atoms with van der Waals surface area (Å²) in [5.74, 6) is 0. The summed E-state index contributed by atoms with van der Waals surface area (Å²) in [6.07, 6.45) is 0. The predicted molar refractivity (Wildman–Crippen MR) is 41.6 cm³/mol. The topological polar surface area (TPSA) is 38.7 Å². The van der Waals surface area contributed by atoms with E-state index in [1.165, 1.54) is 0 Å². The lowest BCUT2D eigenvalue weighted by molar-refractivity contribution is 0.704. The van der Waals surface area contributed by atoms with Crippen LogP contribution in [0.2, 0.25) is 0 Å². The molecule has 0 amide bonds. The van der Waals surface area contributed by atoms with Gasteiger partial charge in [0, 0.05) is 0 Å². The molecule has 0 saturated heterocycles. The molecule has 0 atom stereocenters. The molecule has 1 aromatic rings. The normalized spacial score (nSPS) is 9.67. The average Bonchev–Trinajstić information content (AvgIpc) is 1.83. The molecule has 0 radical (unpaired) electrons. The van der Waals surface area contributed by atoms with Gasteiger partial charge < -0.3 is 0 Å². The Morgan fingerprint density at radius 1 is 0.889 bits per heavy atom. The van der Waals surface area contributed by atoms with Crippen LogP contribution in [0.15, 0.2) is 14.9 Å². The van der Waals surface area contributed by atoms with Crippen molar-refractivity contribution in [3.8, 4) is 0 Å². The van der Waals surface area contributed by atoms with Crippen LogP contribution in [0.4, 0.5) is 0 Å². The summed E-state index contributed by atoms with van der Waals surface area (Å²) in [7, 11) is 0. The van der Waals surface area contributed by atoms with E-state index in [0.29, 0.717) is 14.9 Å². The van der Waals surface area contributed by atoms with Gasteiger partial charge in [-0.3, -0.25) is 0 Å². The number of aromatic nitrogens is 3. The second-order valence-corrected chi connectivity index (χ2v) is 2.58. The van der Waals surface area contributed by atoms with Gasteiger partial charge in [-0.2, -0.15) is 0 Å². The zero-order valence-corrected chi connectivity index (χ0v) is 6.87. The van der Waals surface area contributed by atoms with Crippen molar-refractivity contribution in [1.82, 2.24) is 15.4 Å². The second-order valence-electron chi connectivity index (χ2n) is 1.29. The molecule has 1 rings (SSSR count). The van der Waals surface area contributed by atoms with Gasteiger partial charge in [-0.05, 0) is 5.21 Å². The first-order chi connectivity index (χ1) is 4.22. The summed E-state index contributed by atoms with van der Waals surface area (Å²) in [6.45, 7) is 0. The fourth-order valence-electron chi connectivity index (χ4n) is 0.302. The van der Waals surface area contributed by atoms with Crippen LogP contribution < -0.4 is 0 Å². The second kappa shape index (κ2) is 2.76. The SMILES string of the molecule is Sc1nnnc(S)c1S. The first-order valence-corrected chi connectivity index (χ1v) is 3.36. The monoisotopic (exact) mass is 177 g/mol. The van der Waals surface area contributed by atoms with E-state index in [2.05, 4.69) is 53.3 Å². The molecular weight excluding hydrogens is 174 g/mol. The zero-order valence-electron chi connectivity index (χ0n) is 4.18. The molecule has 1 aromatic heterocycles. The summed E-state index contributed by atoms with van der Waals surface area (Å²) in [4.78, 5) is 0.552. The van der Waals surface area contributed by atoms with E-state index < -0.39 is 0 Å². The molecule has 0 fully saturated rings. The lowest BCUT2D eigenvalue weighted by Gasteiger charge is -1.93. The van der Waals surface area contributed by atoms with E-state index in [9.17, 15) is 0 Å². The van der Waals surface area contributed by atoms with Crippen LogP contribution in [0.25, 0.3) is 0 Å². The first-order valence-electron chi connectivity index (χ1n) is 2.02. The summed E-state index contributed by atoms with van der Waals surface area (Å²) in [5.41, 5.74) is 0. The minimum atomic E-state index is 0.443. The number of hydrogen-bond donors (Lipinski definition) is 3. The molecular formula is C3H3N3S3. The van der Waals surface area contributed by atoms with Crippen LogP contribution in [0, 0.1) is 0 Å². The van der Waals surface area contributed by atoms with Crippen LogP contribution in [0.5, 0.6) is 0 Å². The highest BCUT2D eigenvalue weighted by Crippen LogP contribution is 2.18. The van der Waals surface area contributed by atoms with Gasteiger partial charge in [0.1, 0.15) is 10.1 Å². The summed E-state index contributed by atoms with van der Waals surface area (Å²) in [5, 5.41) is 11.3. The van der Waals surface area contributed by atoms with E-state index in [1.807, 2.05) is 0 Å². The van der Waals surface area contributed by atoms with Crippen LogP contribution in [-0.4, -0.2) is 15.4 Å². The van der Waals surface area contributed by atoms with E-state index in [0.717, 1.165) is 0 Å². The quantitative estimate of drug-likeness (QED) is 0.512. The van der Waals surface area contributed by atoms with Gasteiger partial charge in [0.15, 0.2) is 0 Å². The number of nitrogens with zero attached hydrogens (tertiary/aromatic N) is 3. The maximum Gasteiger partial charge on any atom is 0.134 e. The summed E-state index contributed by atoms with van der Waals surface area (Å²) >= 11 is 11.9. The molecule has 1 heterocycles. The van der Waals surface area contributed by atoms with Crippen molar-refractivity contribution in [2.24, 2.45) is 0 Å². The van der Waals surface area contributed by atoms with Crippen LogP contribution in [0.1, 0.15) is 0 Å². The number of thiol groups is 3. The number of rotatable bonds is 0. The smallest absolute Gasteiger partial charge is 0.134 e. The Labute approximate surface area is 68.5 Å². The van der Waals surface area contributed by atoms with Crippen molar-refractivity contribution in [1.29, 1.82) is 0 Å². The molecule has 0 spiro atoms. The van der Waals surface area contributed by atoms with Gasteiger partial charge in [-0.15, -0.1) is 48.1 Å². The Hall–Kier alpha value is 0.0600. The lowest BCUT2D eigenvalue weighted by atomic mass is 10.7. The Balaban J connectivity index is 3.25. The molecule has 0 N–H and O–H groups in total. The maximum atomic E-state index is 3.99. The zero-order chi connectivity index (χ0) is 6.85. The van der Waals surface area contributed by atoms with Crippen molar-refractivity contribution >= 4 is 37.9 Å². The van der Waals surface area contributed by atoms with Gasteiger partial charge in [0.25, 0.3) is 0 Å². The van der Waals surface area contributed by atoms with Crippen molar-refractivity contribution in [2.45, 2.75) is 14.9 Å². The van der Waals surface area contributed by atoms with E-state index in [4.69, 9.17) is 0 Å². The molecule has 9 heavy (non-hydrogen) atoms. The van der Waals surface area contributed by atoms with Gasteiger partial charge in [0.2, 0.25) is 0 Å². The van der Waals surface area contributed by atoms with Gasteiger partial charge in [-0.25, -0.2) is 0 Å². The standard InChI is InChI=1S/C3H3N3S3/c7-1-2(8)4-6-5-3(1)9/h(H,6,7)(H2,4,5,8,9). The molecule has 0 aliphatic heterocycles. The van der Waals surface area contributed by atoms with Crippen molar-refractivity contribution in [2.75, 3.05) is 0 Å². The van der Waals surface area contributed by atoms with Crippen molar-refractivity contribution in [3.63, 3.8) is 0 Å². The highest BCUT2D eigenvalue weighted by Gasteiger charge is 1.99. The third-order valence-corrected chi connectivity index (χ3v) is 2.10. The maximum absolute atomic E-state index is 3.99. The molecule has 0 aromatic carbocycles. The van der Waals surface area contributed by atoms with E-state index in [1.54, 1.807) is 0 Å². The molecule has 3 nitrogen and oxygen atoms in total.